The Kier molecular flexibility index (Phi) is 4.18. The Morgan fingerprint density at radius 3 is 2.81 bits per heavy atom. The van der Waals surface area contributed by atoms with Crippen molar-refractivity contribution in [2.24, 2.45) is 0 Å². The summed E-state index contributed by atoms with van der Waals surface area (Å²) < 4.78 is 33.8. The lowest BCUT2D eigenvalue weighted by Crippen LogP contribution is -2.09. The van der Waals surface area contributed by atoms with Crippen LogP contribution in [-0.2, 0) is 11.3 Å². The van der Waals surface area contributed by atoms with Crippen LogP contribution < -0.4 is 0 Å². The molecule has 1 heterocycles. The fraction of sp³-hybridized carbons (Fsp3) is 0.231. The summed E-state index contributed by atoms with van der Waals surface area (Å²) >= 11 is 0. The summed E-state index contributed by atoms with van der Waals surface area (Å²) in [6, 6.07) is 0.562. The second kappa shape index (κ2) is 5.88. The van der Waals surface area contributed by atoms with Gasteiger partial charge in [0.1, 0.15) is 0 Å². The Labute approximate surface area is 118 Å². The van der Waals surface area contributed by atoms with E-state index in [-0.39, 0.29) is 18.8 Å². The van der Waals surface area contributed by atoms with Gasteiger partial charge in [0.05, 0.1) is 43.1 Å². The highest BCUT2D eigenvalue weighted by Gasteiger charge is 2.25. The highest BCUT2D eigenvalue weighted by molar-refractivity contribution is 5.92. The molecule has 2 aromatic rings. The molecule has 0 bridgehead atoms. The number of imidazole rings is 1. The fourth-order valence-electron chi connectivity index (χ4n) is 1.92. The van der Waals surface area contributed by atoms with Crippen molar-refractivity contribution in [1.82, 2.24) is 9.55 Å². The van der Waals surface area contributed by atoms with E-state index in [0.29, 0.717) is 6.07 Å². The lowest BCUT2D eigenvalue weighted by molar-refractivity contribution is 0.0595. The lowest BCUT2D eigenvalue weighted by atomic mass is 10.0. The second-order valence-electron chi connectivity index (χ2n) is 4.13. The van der Waals surface area contributed by atoms with Crippen LogP contribution in [0.2, 0.25) is 0 Å². The Morgan fingerprint density at radius 1 is 1.48 bits per heavy atom. The summed E-state index contributed by atoms with van der Waals surface area (Å²) in [5.41, 5.74) is -1.12. The van der Waals surface area contributed by atoms with Gasteiger partial charge in [-0.05, 0) is 6.07 Å². The highest BCUT2D eigenvalue weighted by atomic mass is 19.1. The van der Waals surface area contributed by atoms with Crippen LogP contribution in [0.1, 0.15) is 10.4 Å². The quantitative estimate of drug-likeness (QED) is 0.831. The van der Waals surface area contributed by atoms with Crippen molar-refractivity contribution < 1.29 is 28.5 Å². The predicted octanol–water partition coefficient (Wildman–Crippen LogP) is 1.31. The summed E-state index contributed by atoms with van der Waals surface area (Å²) in [7, 11) is 1.03. The van der Waals surface area contributed by atoms with Gasteiger partial charge >= 0.3 is 5.97 Å². The zero-order chi connectivity index (χ0) is 15.6. The Hall–Kier alpha value is -2.48. The number of phenolic OH excluding ortho intramolecular Hbond substituents is 1. The number of halogens is 2. The molecule has 0 aliphatic carbocycles. The van der Waals surface area contributed by atoms with Gasteiger partial charge in [-0.15, -0.1) is 0 Å². The van der Waals surface area contributed by atoms with Gasteiger partial charge in [-0.25, -0.2) is 18.6 Å². The van der Waals surface area contributed by atoms with Gasteiger partial charge in [0, 0.05) is 6.54 Å². The maximum atomic E-state index is 14.4. The summed E-state index contributed by atoms with van der Waals surface area (Å²) in [4.78, 5) is 15.2. The van der Waals surface area contributed by atoms with Gasteiger partial charge in [0.2, 0.25) is 0 Å². The highest BCUT2D eigenvalue weighted by Crippen LogP contribution is 2.36. The number of rotatable bonds is 4. The smallest absolute Gasteiger partial charge is 0.340 e. The minimum absolute atomic E-state index is 0.0312. The minimum atomic E-state index is -1.16. The van der Waals surface area contributed by atoms with E-state index >= 15 is 0 Å². The van der Waals surface area contributed by atoms with Crippen LogP contribution in [0.25, 0.3) is 11.3 Å². The molecule has 2 rings (SSSR count). The largest absolute Gasteiger partial charge is 0.504 e. The number of aromatic hydroxyl groups is 1. The summed E-state index contributed by atoms with van der Waals surface area (Å²) in [5.74, 6) is -4.30. The molecule has 6 nitrogen and oxygen atoms in total. The van der Waals surface area contributed by atoms with Crippen molar-refractivity contribution >= 4 is 5.97 Å². The number of nitrogens with zero attached hydrogens (tertiary/aromatic N) is 2. The van der Waals surface area contributed by atoms with Crippen LogP contribution in [0.3, 0.4) is 0 Å². The molecule has 21 heavy (non-hydrogen) atoms. The van der Waals surface area contributed by atoms with E-state index in [4.69, 9.17) is 5.11 Å². The standard InChI is InChI=1S/C13H12F2N2O4/c1-21-13(20)7-4-8(14)12(19)10(11(7)15)9-5-16-6-17(9)2-3-18/h4-6,18-19H,2-3H2,1H3. The van der Waals surface area contributed by atoms with E-state index < -0.39 is 34.5 Å². The van der Waals surface area contributed by atoms with E-state index in [1.54, 1.807) is 0 Å². The number of benzene rings is 1. The molecular formula is C13H12F2N2O4. The molecule has 0 atom stereocenters. The molecular weight excluding hydrogens is 286 g/mol. The Morgan fingerprint density at radius 2 is 2.19 bits per heavy atom. The first-order chi connectivity index (χ1) is 10.0. The van der Waals surface area contributed by atoms with E-state index in [2.05, 4.69) is 9.72 Å². The Balaban J connectivity index is 2.70. The number of aromatic nitrogens is 2. The number of carbonyl (C=O) groups is 1. The van der Waals surface area contributed by atoms with Crippen LogP contribution in [0.4, 0.5) is 8.78 Å². The molecule has 0 fully saturated rings. The summed E-state index contributed by atoms with van der Waals surface area (Å²) in [6.07, 6.45) is 2.47. The average molecular weight is 298 g/mol. The molecule has 8 heteroatoms. The molecule has 0 saturated heterocycles. The zero-order valence-corrected chi connectivity index (χ0v) is 11.0. The molecule has 0 saturated carbocycles. The molecule has 0 aliphatic rings. The molecule has 0 aliphatic heterocycles. The van der Waals surface area contributed by atoms with Crippen molar-refractivity contribution in [3.63, 3.8) is 0 Å². The molecule has 0 spiro atoms. The van der Waals surface area contributed by atoms with Gasteiger partial charge in [0.25, 0.3) is 0 Å². The van der Waals surface area contributed by atoms with Crippen LogP contribution in [-0.4, -0.2) is 39.5 Å². The van der Waals surface area contributed by atoms with Gasteiger partial charge in [-0.3, -0.25) is 0 Å². The maximum absolute atomic E-state index is 14.4. The molecule has 1 aromatic heterocycles. The topological polar surface area (TPSA) is 84.6 Å². The number of hydrogen-bond acceptors (Lipinski definition) is 5. The zero-order valence-electron chi connectivity index (χ0n) is 11.0. The van der Waals surface area contributed by atoms with Gasteiger partial charge in [-0.1, -0.05) is 0 Å². The van der Waals surface area contributed by atoms with Crippen molar-refractivity contribution in [2.75, 3.05) is 13.7 Å². The first-order valence-electron chi connectivity index (χ1n) is 5.91. The second-order valence-corrected chi connectivity index (χ2v) is 4.13. The fourth-order valence-corrected chi connectivity index (χ4v) is 1.92. The van der Waals surface area contributed by atoms with Crippen molar-refractivity contribution in [2.45, 2.75) is 6.54 Å². The number of ether oxygens (including phenoxy) is 1. The minimum Gasteiger partial charge on any atom is -0.504 e. The first-order valence-corrected chi connectivity index (χ1v) is 5.91. The number of esters is 1. The van der Waals surface area contributed by atoms with Crippen molar-refractivity contribution in [1.29, 1.82) is 0 Å². The van der Waals surface area contributed by atoms with Gasteiger partial charge < -0.3 is 19.5 Å². The third kappa shape index (κ3) is 2.57. The average Bonchev–Trinajstić information content (AvgIpc) is 2.91. The van der Waals surface area contributed by atoms with Crippen molar-refractivity contribution in [3.05, 3.63) is 35.8 Å². The number of aliphatic hydroxyl groups is 1. The molecule has 112 valence electrons. The van der Waals surface area contributed by atoms with E-state index in [0.717, 1.165) is 7.11 Å². The Bertz CT molecular complexity index is 685. The number of hydrogen-bond donors (Lipinski definition) is 2. The summed E-state index contributed by atoms with van der Waals surface area (Å²) in [5, 5.41) is 18.7. The monoisotopic (exact) mass is 298 g/mol. The van der Waals surface area contributed by atoms with Crippen LogP contribution >= 0.6 is 0 Å². The molecule has 0 amide bonds. The van der Waals surface area contributed by atoms with E-state index in [1.165, 1.54) is 17.1 Å². The number of phenols is 1. The van der Waals surface area contributed by atoms with E-state index in [1.807, 2.05) is 0 Å². The van der Waals surface area contributed by atoms with Crippen LogP contribution in [0, 0.1) is 11.6 Å². The number of methoxy groups -OCH3 is 1. The van der Waals surface area contributed by atoms with Gasteiger partial charge in [0.15, 0.2) is 17.4 Å². The normalized spacial score (nSPS) is 10.7. The molecule has 2 N–H and O–H groups in total. The SMILES string of the molecule is COC(=O)c1cc(F)c(O)c(-c2cncn2CCO)c1F. The third-order valence-electron chi connectivity index (χ3n) is 2.90. The molecule has 1 aromatic carbocycles. The maximum Gasteiger partial charge on any atom is 0.340 e. The van der Waals surface area contributed by atoms with Crippen LogP contribution in [0.15, 0.2) is 18.6 Å². The first kappa shape index (κ1) is 14.9. The van der Waals surface area contributed by atoms with Crippen LogP contribution in [0.5, 0.6) is 5.75 Å². The predicted molar refractivity (Wildman–Crippen MR) is 67.7 cm³/mol. The number of carbonyl (C=O) groups excluding carboxylic acids is 1. The van der Waals surface area contributed by atoms with Crippen molar-refractivity contribution in [3.8, 4) is 17.0 Å². The molecule has 0 radical (unpaired) electrons. The lowest BCUT2D eigenvalue weighted by Gasteiger charge is -2.12. The summed E-state index contributed by atoms with van der Waals surface area (Å²) in [6.45, 7) is -0.191. The number of aliphatic hydroxyl groups excluding tert-OH is 1. The van der Waals surface area contributed by atoms with E-state index in [9.17, 15) is 18.7 Å². The molecule has 0 unspecified atom stereocenters. The third-order valence-corrected chi connectivity index (χ3v) is 2.90. The van der Waals surface area contributed by atoms with Gasteiger partial charge in [-0.2, -0.15) is 0 Å².